The zero-order valence-corrected chi connectivity index (χ0v) is 7.12. The second-order valence-electron chi connectivity index (χ2n) is 2.41. The number of aromatic nitrogens is 3. The summed E-state index contributed by atoms with van der Waals surface area (Å²) in [4.78, 5) is 4.08. The quantitative estimate of drug-likeness (QED) is 0.638. The van der Waals surface area contributed by atoms with Crippen LogP contribution >= 0.6 is 0 Å². The summed E-state index contributed by atoms with van der Waals surface area (Å²) in [5.41, 5.74) is 0. The van der Waals surface area contributed by atoms with E-state index in [-0.39, 0.29) is 0 Å². The minimum absolute atomic E-state index is 0.697. The fraction of sp³-hybridized carbons (Fsp3) is 0.500. The fourth-order valence-electron chi connectivity index (χ4n) is 0.859. The third-order valence-electron chi connectivity index (χ3n) is 1.40. The molecule has 0 unspecified atom stereocenters. The van der Waals surface area contributed by atoms with Crippen LogP contribution in [0.15, 0.2) is 6.33 Å². The molecule has 0 bridgehead atoms. The molecule has 1 rings (SSSR count). The van der Waals surface area contributed by atoms with Crippen LogP contribution in [0.25, 0.3) is 0 Å². The van der Waals surface area contributed by atoms with Crippen molar-refractivity contribution >= 4 is 0 Å². The summed E-state index contributed by atoms with van der Waals surface area (Å²) >= 11 is 0. The van der Waals surface area contributed by atoms with Crippen LogP contribution in [0, 0.1) is 12.3 Å². The average molecular weight is 164 g/mol. The first-order valence-corrected chi connectivity index (χ1v) is 3.83. The van der Waals surface area contributed by atoms with Crippen LogP contribution in [-0.2, 0) is 13.1 Å². The zero-order chi connectivity index (χ0) is 8.81. The molecule has 1 heterocycles. The number of hydrogen-bond acceptors (Lipinski definition) is 3. The second-order valence-corrected chi connectivity index (χ2v) is 2.41. The van der Waals surface area contributed by atoms with Crippen molar-refractivity contribution in [3.05, 3.63) is 12.2 Å². The highest BCUT2D eigenvalue weighted by atomic mass is 15.3. The summed E-state index contributed by atoms with van der Waals surface area (Å²) in [7, 11) is 1.86. The number of rotatable bonds is 4. The highest BCUT2D eigenvalue weighted by Crippen LogP contribution is 1.90. The van der Waals surface area contributed by atoms with E-state index in [1.165, 1.54) is 0 Å². The molecule has 0 aliphatic rings. The van der Waals surface area contributed by atoms with Crippen molar-refractivity contribution in [1.29, 1.82) is 0 Å². The van der Waals surface area contributed by atoms with Gasteiger partial charge in [0.1, 0.15) is 6.33 Å². The van der Waals surface area contributed by atoms with Gasteiger partial charge in [-0.15, -0.1) is 12.3 Å². The Kier molecular flexibility index (Phi) is 3.30. The standard InChI is InChI=1S/C8H12N4/c1-3-4-5-12-7-10-8(11-12)6-9-2/h1,7,9H,4-6H2,2H3. The monoisotopic (exact) mass is 164 g/mol. The highest BCUT2D eigenvalue weighted by Gasteiger charge is 1.97. The molecule has 0 atom stereocenters. The van der Waals surface area contributed by atoms with Gasteiger partial charge in [-0.2, -0.15) is 5.10 Å². The minimum atomic E-state index is 0.697. The van der Waals surface area contributed by atoms with Crippen molar-refractivity contribution in [2.45, 2.75) is 19.5 Å². The molecule has 0 amide bonds. The highest BCUT2D eigenvalue weighted by molar-refractivity contribution is 4.85. The largest absolute Gasteiger partial charge is 0.313 e. The molecular formula is C8H12N4. The van der Waals surface area contributed by atoms with Gasteiger partial charge in [-0.05, 0) is 7.05 Å². The maximum atomic E-state index is 5.12. The van der Waals surface area contributed by atoms with E-state index in [9.17, 15) is 0 Å². The summed E-state index contributed by atoms with van der Waals surface area (Å²) in [6.45, 7) is 1.44. The van der Waals surface area contributed by atoms with Crippen LogP contribution in [0.1, 0.15) is 12.2 Å². The first kappa shape index (κ1) is 8.75. The summed E-state index contributed by atoms with van der Waals surface area (Å²) in [5, 5.41) is 7.16. The predicted molar refractivity (Wildman–Crippen MR) is 46.2 cm³/mol. The summed E-state index contributed by atoms with van der Waals surface area (Å²) in [6.07, 6.45) is 7.51. The van der Waals surface area contributed by atoms with E-state index in [2.05, 4.69) is 21.3 Å². The Morgan fingerprint density at radius 1 is 1.75 bits per heavy atom. The molecular weight excluding hydrogens is 152 g/mol. The van der Waals surface area contributed by atoms with E-state index in [1.807, 2.05) is 7.05 Å². The third-order valence-corrected chi connectivity index (χ3v) is 1.40. The Morgan fingerprint density at radius 2 is 2.58 bits per heavy atom. The molecule has 1 N–H and O–H groups in total. The maximum Gasteiger partial charge on any atom is 0.164 e. The molecule has 0 saturated heterocycles. The smallest absolute Gasteiger partial charge is 0.164 e. The van der Waals surface area contributed by atoms with E-state index < -0.39 is 0 Å². The van der Waals surface area contributed by atoms with Crippen LogP contribution in [0.3, 0.4) is 0 Å². The molecule has 0 aromatic carbocycles. The summed E-state index contributed by atoms with van der Waals surface area (Å²) in [5.74, 6) is 3.35. The van der Waals surface area contributed by atoms with Gasteiger partial charge in [0.25, 0.3) is 0 Å². The van der Waals surface area contributed by atoms with Gasteiger partial charge >= 0.3 is 0 Å². The van der Waals surface area contributed by atoms with Gasteiger partial charge in [-0.3, -0.25) is 4.68 Å². The average Bonchev–Trinajstić information content (AvgIpc) is 2.50. The van der Waals surface area contributed by atoms with E-state index in [1.54, 1.807) is 11.0 Å². The SMILES string of the molecule is C#CCCn1cnc(CNC)n1. The zero-order valence-electron chi connectivity index (χ0n) is 7.12. The lowest BCUT2D eigenvalue weighted by atomic mass is 10.4. The Morgan fingerprint density at radius 3 is 3.25 bits per heavy atom. The summed E-state index contributed by atoms with van der Waals surface area (Å²) < 4.78 is 1.76. The van der Waals surface area contributed by atoms with Crippen LogP contribution in [-0.4, -0.2) is 21.8 Å². The van der Waals surface area contributed by atoms with Gasteiger partial charge in [-0.25, -0.2) is 4.98 Å². The Bertz CT molecular complexity index is 271. The fourth-order valence-corrected chi connectivity index (χ4v) is 0.859. The minimum Gasteiger partial charge on any atom is -0.313 e. The van der Waals surface area contributed by atoms with Crippen molar-refractivity contribution in [2.75, 3.05) is 7.05 Å². The van der Waals surface area contributed by atoms with E-state index in [0.717, 1.165) is 12.4 Å². The van der Waals surface area contributed by atoms with Crippen molar-refractivity contribution in [3.63, 3.8) is 0 Å². The van der Waals surface area contributed by atoms with Gasteiger partial charge in [0.2, 0.25) is 0 Å². The van der Waals surface area contributed by atoms with E-state index in [4.69, 9.17) is 6.42 Å². The number of aryl methyl sites for hydroxylation is 1. The van der Waals surface area contributed by atoms with Crippen LogP contribution in [0.5, 0.6) is 0 Å². The van der Waals surface area contributed by atoms with Gasteiger partial charge in [0.15, 0.2) is 5.82 Å². The molecule has 4 nitrogen and oxygen atoms in total. The molecule has 0 saturated carbocycles. The molecule has 0 radical (unpaired) electrons. The van der Waals surface area contributed by atoms with E-state index in [0.29, 0.717) is 13.0 Å². The molecule has 0 spiro atoms. The molecule has 1 aromatic heterocycles. The van der Waals surface area contributed by atoms with Gasteiger partial charge in [-0.1, -0.05) is 0 Å². The Balaban J connectivity index is 2.47. The van der Waals surface area contributed by atoms with Gasteiger partial charge in [0.05, 0.1) is 13.1 Å². The van der Waals surface area contributed by atoms with Gasteiger partial charge < -0.3 is 5.32 Å². The lowest BCUT2D eigenvalue weighted by Gasteiger charge is -1.93. The predicted octanol–water partition coefficient (Wildman–Crippen LogP) is 0.0208. The normalized spacial score (nSPS) is 9.67. The molecule has 4 heteroatoms. The number of nitrogens with zero attached hydrogens (tertiary/aromatic N) is 3. The Labute approximate surface area is 72.0 Å². The van der Waals surface area contributed by atoms with Crippen LogP contribution < -0.4 is 5.32 Å². The number of hydrogen-bond donors (Lipinski definition) is 1. The van der Waals surface area contributed by atoms with Crippen LogP contribution in [0.4, 0.5) is 0 Å². The number of terminal acetylenes is 1. The Hall–Kier alpha value is -1.34. The van der Waals surface area contributed by atoms with Crippen molar-refractivity contribution in [2.24, 2.45) is 0 Å². The molecule has 0 fully saturated rings. The third kappa shape index (κ3) is 2.36. The maximum absolute atomic E-state index is 5.12. The van der Waals surface area contributed by atoms with Crippen molar-refractivity contribution in [1.82, 2.24) is 20.1 Å². The molecule has 1 aromatic rings. The topological polar surface area (TPSA) is 42.7 Å². The molecule has 64 valence electrons. The van der Waals surface area contributed by atoms with Crippen molar-refractivity contribution < 1.29 is 0 Å². The van der Waals surface area contributed by atoms with E-state index >= 15 is 0 Å². The van der Waals surface area contributed by atoms with Gasteiger partial charge in [0, 0.05) is 6.42 Å². The molecule has 12 heavy (non-hydrogen) atoms. The van der Waals surface area contributed by atoms with Crippen LogP contribution in [0.2, 0.25) is 0 Å². The first-order chi connectivity index (χ1) is 5.86. The lowest BCUT2D eigenvalue weighted by Crippen LogP contribution is -2.07. The number of nitrogens with one attached hydrogen (secondary N) is 1. The molecule has 0 aliphatic carbocycles. The molecule has 0 aliphatic heterocycles. The van der Waals surface area contributed by atoms with Crippen molar-refractivity contribution in [3.8, 4) is 12.3 Å². The first-order valence-electron chi connectivity index (χ1n) is 3.83. The lowest BCUT2D eigenvalue weighted by molar-refractivity contribution is 0.613. The second kappa shape index (κ2) is 4.52. The summed E-state index contributed by atoms with van der Waals surface area (Å²) in [6, 6.07) is 0.